The fraction of sp³-hybridized carbons (Fsp3) is 0.273. The molecule has 0 unspecified atom stereocenters. The summed E-state index contributed by atoms with van der Waals surface area (Å²) in [4.78, 5) is 11.1. The predicted molar refractivity (Wildman–Crippen MR) is 57.1 cm³/mol. The van der Waals surface area contributed by atoms with Gasteiger partial charge in [0.05, 0.1) is 5.52 Å². The van der Waals surface area contributed by atoms with Crippen LogP contribution in [0.25, 0.3) is 10.9 Å². The molecule has 0 aliphatic rings. The number of aromatic nitrogens is 2. The van der Waals surface area contributed by atoms with E-state index in [0.29, 0.717) is 11.9 Å². The number of rotatable bonds is 2. The zero-order valence-electron chi connectivity index (χ0n) is 8.69. The van der Waals surface area contributed by atoms with Crippen LogP contribution in [0.3, 0.4) is 0 Å². The van der Waals surface area contributed by atoms with E-state index in [1.807, 2.05) is 26.0 Å². The number of carbonyl (C=O) groups is 1. The number of hydrogen-bond acceptors (Lipinski definition) is 2. The third kappa shape index (κ3) is 1.38. The number of carboxylic acid groups (broad SMARTS) is 1. The van der Waals surface area contributed by atoms with Gasteiger partial charge in [0, 0.05) is 11.9 Å². The quantitative estimate of drug-likeness (QED) is 0.814. The molecule has 1 aromatic heterocycles. The van der Waals surface area contributed by atoms with Gasteiger partial charge in [0.2, 0.25) is 0 Å². The summed E-state index contributed by atoms with van der Waals surface area (Å²) in [7, 11) is 0. The second-order valence-electron chi connectivity index (χ2n) is 3.44. The molecule has 0 aliphatic heterocycles. The number of hydrogen-bond donors (Lipinski definition) is 1. The van der Waals surface area contributed by atoms with Gasteiger partial charge in [-0.05, 0) is 19.4 Å². The van der Waals surface area contributed by atoms with Crippen LogP contribution >= 0.6 is 0 Å². The van der Waals surface area contributed by atoms with Crippen molar-refractivity contribution in [3.8, 4) is 0 Å². The Bertz CT molecular complexity index is 529. The van der Waals surface area contributed by atoms with Crippen LogP contribution in [-0.2, 0) is 6.54 Å². The Labute approximate surface area is 87.1 Å². The van der Waals surface area contributed by atoms with Gasteiger partial charge in [-0.3, -0.25) is 4.68 Å². The maximum atomic E-state index is 11.1. The van der Waals surface area contributed by atoms with Gasteiger partial charge in [0.15, 0.2) is 5.69 Å². The van der Waals surface area contributed by atoms with E-state index < -0.39 is 5.97 Å². The van der Waals surface area contributed by atoms with E-state index in [-0.39, 0.29) is 5.69 Å². The van der Waals surface area contributed by atoms with Crippen molar-refractivity contribution in [1.82, 2.24) is 9.78 Å². The van der Waals surface area contributed by atoms with E-state index in [1.165, 1.54) is 4.68 Å². The molecule has 15 heavy (non-hydrogen) atoms. The summed E-state index contributed by atoms with van der Waals surface area (Å²) in [6.07, 6.45) is 0. The second kappa shape index (κ2) is 3.38. The van der Waals surface area contributed by atoms with E-state index in [0.717, 1.165) is 11.1 Å². The monoisotopic (exact) mass is 204 g/mol. The lowest BCUT2D eigenvalue weighted by Gasteiger charge is -1.98. The Kier molecular flexibility index (Phi) is 2.19. The molecule has 0 amide bonds. The van der Waals surface area contributed by atoms with Crippen molar-refractivity contribution in [3.05, 3.63) is 29.5 Å². The highest BCUT2D eigenvalue weighted by molar-refractivity contribution is 6.02. The highest BCUT2D eigenvalue weighted by Crippen LogP contribution is 2.21. The van der Waals surface area contributed by atoms with Crippen LogP contribution in [0.4, 0.5) is 0 Å². The fourth-order valence-corrected chi connectivity index (χ4v) is 1.75. The molecular weight excluding hydrogens is 192 g/mol. The highest BCUT2D eigenvalue weighted by atomic mass is 16.4. The number of nitrogens with zero attached hydrogens (tertiary/aromatic N) is 2. The largest absolute Gasteiger partial charge is 0.477 e. The molecule has 4 heteroatoms. The molecule has 0 saturated heterocycles. The molecule has 4 nitrogen and oxygen atoms in total. The number of benzene rings is 1. The first kappa shape index (κ1) is 9.71. The summed E-state index contributed by atoms with van der Waals surface area (Å²) in [5.41, 5.74) is 2.05. The summed E-state index contributed by atoms with van der Waals surface area (Å²) < 4.78 is 1.53. The summed E-state index contributed by atoms with van der Waals surface area (Å²) in [5, 5.41) is 14.1. The predicted octanol–water partition coefficient (Wildman–Crippen LogP) is 2.06. The maximum absolute atomic E-state index is 11.1. The minimum Gasteiger partial charge on any atom is -0.477 e. The van der Waals surface area contributed by atoms with Crippen LogP contribution < -0.4 is 0 Å². The van der Waals surface area contributed by atoms with Crippen molar-refractivity contribution < 1.29 is 9.90 Å². The SMILES string of the molecule is CCn1nc2c(C)cccc2c1C(=O)O. The molecule has 0 fully saturated rings. The summed E-state index contributed by atoms with van der Waals surface area (Å²) in [6.45, 7) is 4.38. The maximum Gasteiger partial charge on any atom is 0.354 e. The van der Waals surface area contributed by atoms with Crippen LogP contribution in [0.2, 0.25) is 0 Å². The van der Waals surface area contributed by atoms with Gasteiger partial charge in [-0.2, -0.15) is 5.10 Å². The lowest BCUT2D eigenvalue weighted by Crippen LogP contribution is -2.08. The lowest BCUT2D eigenvalue weighted by molar-refractivity contribution is 0.0685. The van der Waals surface area contributed by atoms with Gasteiger partial charge in [-0.15, -0.1) is 0 Å². The minimum absolute atomic E-state index is 0.274. The zero-order valence-corrected chi connectivity index (χ0v) is 8.69. The van der Waals surface area contributed by atoms with Gasteiger partial charge in [-0.25, -0.2) is 4.79 Å². The van der Waals surface area contributed by atoms with Crippen molar-refractivity contribution >= 4 is 16.9 Å². The molecule has 78 valence electrons. The molecule has 0 aliphatic carbocycles. The Morgan fingerprint density at radius 1 is 1.53 bits per heavy atom. The molecule has 2 rings (SSSR count). The van der Waals surface area contributed by atoms with Crippen molar-refractivity contribution in [1.29, 1.82) is 0 Å². The number of fused-ring (bicyclic) bond motifs is 1. The standard InChI is InChI=1S/C11H12N2O2/c1-3-13-10(11(14)15)8-6-4-5-7(2)9(8)12-13/h4-6H,3H2,1-2H3,(H,14,15). The lowest BCUT2D eigenvalue weighted by atomic mass is 10.1. The number of aryl methyl sites for hydroxylation is 2. The third-order valence-electron chi connectivity index (χ3n) is 2.47. The molecule has 1 N–H and O–H groups in total. The molecule has 0 saturated carbocycles. The molecule has 0 atom stereocenters. The van der Waals surface area contributed by atoms with Crippen molar-refractivity contribution in [2.45, 2.75) is 20.4 Å². The van der Waals surface area contributed by atoms with Crippen molar-refractivity contribution in [2.75, 3.05) is 0 Å². The van der Waals surface area contributed by atoms with Crippen molar-refractivity contribution in [3.63, 3.8) is 0 Å². The highest BCUT2D eigenvalue weighted by Gasteiger charge is 2.16. The fourth-order valence-electron chi connectivity index (χ4n) is 1.75. The Morgan fingerprint density at radius 2 is 2.27 bits per heavy atom. The minimum atomic E-state index is -0.926. The summed E-state index contributed by atoms with van der Waals surface area (Å²) in [5.74, 6) is -0.926. The van der Waals surface area contributed by atoms with E-state index in [4.69, 9.17) is 5.11 Å². The van der Waals surface area contributed by atoms with Crippen LogP contribution in [-0.4, -0.2) is 20.9 Å². The average Bonchev–Trinajstić information content (AvgIpc) is 2.57. The molecular formula is C11H12N2O2. The third-order valence-corrected chi connectivity index (χ3v) is 2.47. The average molecular weight is 204 g/mol. The Hall–Kier alpha value is -1.84. The molecule has 0 bridgehead atoms. The van der Waals surface area contributed by atoms with E-state index in [1.54, 1.807) is 6.07 Å². The van der Waals surface area contributed by atoms with Gasteiger partial charge in [-0.1, -0.05) is 18.2 Å². The van der Waals surface area contributed by atoms with Crippen molar-refractivity contribution in [2.24, 2.45) is 0 Å². The molecule has 0 spiro atoms. The Balaban J connectivity index is 2.86. The zero-order chi connectivity index (χ0) is 11.0. The molecule has 1 aromatic carbocycles. The second-order valence-corrected chi connectivity index (χ2v) is 3.44. The molecule has 0 radical (unpaired) electrons. The summed E-state index contributed by atoms with van der Waals surface area (Å²) >= 11 is 0. The van der Waals surface area contributed by atoms with Crippen LogP contribution in [0, 0.1) is 6.92 Å². The number of carboxylic acids is 1. The number of aromatic carboxylic acids is 1. The topological polar surface area (TPSA) is 55.1 Å². The summed E-state index contributed by atoms with van der Waals surface area (Å²) in [6, 6.07) is 5.58. The first-order valence-corrected chi connectivity index (χ1v) is 4.84. The van der Waals surface area contributed by atoms with Gasteiger partial charge in [0.1, 0.15) is 0 Å². The first-order valence-electron chi connectivity index (χ1n) is 4.84. The smallest absolute Gasteiger partial charge is 0.354 e. The van der Waals surface area contributed by atoms with Gasteiger partial charge < -0.3 is 5.11 Å². The normalized spacial score (nSPS) is 10.8. The molecule has 2 aromatic rings. The van der Waals surface area contributed by atoms with E-state index in [2.05, 4.69) is 5.10 Å². The first-order chi connectivity index (χ1) is 7.15. The van der Waals surface area contributed by atoms with Gasteiger partial charge >= 0.3 is 5.97 Å². The Morgan fingerprint density at radius 3 is 2.87 bits per heavy atom. The molecule has 1 heterocycles. The van der Waals surface area contributed by atoms with E-state index >= 15 is 0 Å². The van der Waals surface area contributed by atoms with Crippen LogP contribution in [0.5, 0.6) is 0 Å². The van der Waals surface area contributed by atoms with Crippen LogP contribution in [0.1, 0.15) is 23.0 Å². The van der Waals surface area contributed by atoms with Gasteiger partial charge in [0.25, 0.3) is 0 Å². The van der Waals surface area contributed by atoms with Crippen LogP contribution in [0.15, 0.2) is 18.2 Å². The van der Waals surface area contributed by atoms with E-state index in [9.17, 15) is 4.79 Å².